The van der Waals surface area contributed by atoms with Crippen molar-refractivity contribution in [1.29, 1.82) is 0 Å². The van der Waals surface area contributed by atoms with E-state index in [1.165, 1.54) is 18.2 Å². The molecule has 4 aromatic rings. The second-order valence-corrected chi connectivity index (χ2v) is 11.3. The van der Waals surface area contributed by atoms with Crippen molar-refractivity contribution in [3.8, 4) is 45.6 Å². The molecule has 0 radical (unpaired) electrons. The first-order valence-electron chi connectivity index (χ1n) is 15.8. The van der Waals surface area contributed by atoms with E-state index in [0.29, 0.717) is 41.7 Å². The molecule has 0 atom stereocenters. The summed E-state index contributed by atoms with van der Waals surface area (Å²) in [5.74, 6) is 4.79. The summed E-state index contributed by atoms with van der Waals surface area (Å²) in [4.78, 5) is 23.8. The van der Waals surface area contributed by atoms with Gasteiger partial charge >= 0.3 is 11.9 Å². The number of halogens is 3. The maximum absolute atomic E-state index is 15.2. The Hall–Kier alpha value is -5.69. The van der Waals surface area contributed by atoms with Gasteiger partial charge in [0.15, 0.2) is 0 Å². The number of allylic oxidation sites excluding steroid dienone is 1. The zero-order chi connectivity index (χ0) is 36.0. The predicted molar refractivity (Wildman–Crippen MR) is 186 cm³/mol. The first-order chi connectivity index (χ1) is 24.1. The fourth-order valence-corrected chi connectivity index (χ4v) is 4.82. The van der Waals surface area contributed by atoms with Crippen LogP contribution in [0.25, 0.3) is 22.3 Å². The number of hydrogen-bond donors (Lipinski definition) is 2. The van der Waals surface area contributed by atoms with E-state index in [0.717, 1.165) is 41.2 Å². The Morgan fingerprint density at radius 2 is 1.28 bits per heavy atom. The Balaban J connectivity index is 1.53. The van der Waals surface area contributed by atoms with E-state index in [4.69, 9.17) is 19.7 Å². The van der Waals surface area contributed by atoms with Crippen molar-refractivity contribution in [3.05, 3.63) is 144 Å². The second-order valence-electron chi connectivity index (χ2n) is 11.3. The largest absolute Gasteiger partial charge is 0.423 e. The summed E-state index contributed by atoms with van der Waals surface area (Å²) in [5.41, 5.74) is 4.65. The number of benzene rings is 4. The van der Waals surface area contributed by atoms with Crippen molar-refractivity contribution < 1.29 is 42.4 Å². The fraction of sp³-hybridized carbons (Fsp3) is 0.171. The molecule has 0 unspecified atom stereocenters. The van der Waals surface area contributed by atoms with Crippen LogP contribution in [0.3, 0.4) is 0 Å². The summed E-state index contributed by atoms with van der Waals surface area (Å²) >= 11 is 0. The van der Waals surface area contributed by atoms with Gasteiger partial charge < -0.3 is 19.7 Å². The van der Waals surface area contributed by atoms with Gasteiger partial charge in [0.05, 0.1) is 24.4 Å². The van der Waals surface area contributed by atoms with Crippen LogP contribution in [-0.2, 0) is 16.0 Å². The molecule has 0 spiro atoms. The lowest BCUT2D eigenvalue weighted by atomic mass is 9.95. The normalized spacial score (nSPS) is 10.4. The summed E-state index contributed by atoms with van der Waals surface area (Å²) in [6.45, 7) is 5.87. The summed E-state index contributed by atoms with van der Waals surface area (Å²) in [5, 5.41) is 18.1. The van der Waals surface area contributed by atoms with E-state index in [9.17, 15) is 18.4 Å². The highest BCUT2D eigenvalue weighted by molar-refractivity contribution is 5.90. The second kappa shape index (κ2) is 18.2. The van der Waals surface area contributed by atoms with Gasteiger partial charge in [0.25, 0.3) is 6.08 Å². The highest BCUT2D eigenvalue weighted by atomic mass is 19.3. The van der Waals surface area contributed by atoms with E-state index in [-0.39, 0.29) is 16.9 Å². The number of carbonyl (C=O) groups excluding carboxylic acids is 2. The maximum Gasteiger partial charge on any atom is 0.341 e. The van der Waals surface area contributed by atoms with Gasteiger partial charge in [-0.3, -0.25) is 0 Å². The molecule has 0 saturated heterocycles. The van der Waals surface area contributed by atoms with Crippen LogP contribution >= 0.6 is 0 Å². The van der Waals surface area contributed by atoms with Crippen molar-refractivity contribution in [2.45, 2.75) is 32.1 Å². The van der Waals surface area contributed by atoms with E-state index in [1.54, 1.807) is 48.5 Å². The van der Waals surface area contributed by atoms with Crippen LogP contribution in [0.1, 0.15) is 42.4 Å². The first-order valence-corrected chi connectivity index (χ1v) is 15.8. The number of hydrogen-bond acceptors (Lipinski definition) is 6. The molecule has 256 valence electrons. The minimum absolute atomic E-state index is 0.0565. The highest BCUT2D eigenvalue weighted by Gasteiger charge is 2.12. The molecule has 4 aromatic carbocycles. The molecular formula is C41H35F3O6. The minimum Gasteiger partial charge on any atom is -0.423 e. The van der Waals surface area contributed by atoms with E-state index < -0.39 is 37.1 Å². The van der Waals surface area contributed by atoms with Gasteiger partial charge in [0.2, 0.25) is 0 Å². The molecule has 2 N–H and O–H groups in total. The fourth-order valence-electron chi connectivity index (χ4n) is 4.82. The number of rotatable bonds is 14. The van der Waals surface area contributed by atoms with Crippen LogP contribution in [0.2, 0.25) is 0 Å². The molecule has 6 nitrogen and oxygen atoms in total. The van der Waals surface area contributed by atoms with E-state index in [2.05, 4.69) is 25.0 Å². The van der Waals surface area contributed by atoms with Gasteiger partial charge in [0, 0.05) is 16.7 Å². The monoisotopic (exact) mass is 680 g/mol. The van der Waals surface area contributed by atoms with Crippen molar-refractivity contribution in [2.75, 3.05) is 13.2 Å². The third-order valence-corrected chi connectivity index (χ3v) is 7.60. The molecule has 0 aliphatic rings. The molecule has 50 heavy (non-hydrogen) atoms. The third-order valence-electron chi connectivity index (χ3n) is 7.60. The zero-order valence-corrected chi connectivity index (χ0v) is 27.2. The van der Waals surface area contributed by atoms with Crippen molar-refractivity contribution in [3.63, 3.8) is 0 Å². The van der Waals surface area contributed by atoms with Gasteiger partial charge in [-0.2, -0.15) is 8.78 Å². The maximum atomic E-state index is 15.2. The number of aliphatic hydroxyl groups is 2. The Morgan fingerprint density at radius 3 is 1.84 bits per heavy atom. The van der Waals surface area contributed by atoms with Crippen LogP contribution in [-0.4, -0.2) is 35.4 Å². The summed E-state index contributed by atoms with van der Waals surface area (Å²) in [6.07, 6.45) is 2.31. The molecule has 0 aliphatic carbocycles. The SMILES string of the molecule is C=C(CO)C(=O)Oc1ccc(-c2ccc(C#Cc3ccc(-c4ccc(OC(=O)C(=C)CO)cc4)c(F)c3)c(CCCCCC=C(F)F)c2)cc1. The van der Waals surface area contributed by atoms with E-state index >= 15 is 4.39 Å². The Labute approximate surface area is 288 Å². The summed E-state index contributed by atoms with van der Waals surface area (Å²) in [7, 11) is 0. The van der Waals surface area contributed by atoms with Gasteiger partial charge in [-0.25, -0.2) is 14.0 Å². The minimum atomic E-state index is -1.68. The number of ether oxygens (including phenoxy) is 2. The molecular weight excluding hydrogens is 645 g/mol. The zero-order valence-electron chi connectivity index (χ0n) is 27.2. The number of aryl methyl sites for hydroxylation is 1. The number of unbranched alkanes of at least 4 members (excludes halogenated alkanes) is 3. The molecule has 4 rings (SSSR count). The van der Waals surface area contributed by atoms with Crippen molar-refractivity contribution >= 4 is 11.9 Å². The van der Waals surface area contributed by atoms with Gasteiger partial charge in [-0.1, -0.05) is 67.8 Å². The van der Waals surface area contributed by atoms with Crippen LogP contribution in [0.4, 0.5) is 13.2 Å². The number of carbonyl (C=O) groups is 2. The summed E-state index contributed by atoms with van der Waals surface area (Å²) < 4.78 is 50.4. The van der Waals surface area contributed by atoms with Gasteiger partial charge in [0.1, 0.15) is 17.3 Å². The Kier molecular flexibility index (Phi) is 13.5. The van der Waals surface area contributed by atoms with Crippen LogP contribution in [0.5, 0.6) is 11.5 Å². The molecule has 0 fully saturated rings. The molecule has 0 aromatic heterocycles. The molecule has 0 heterocycles. The van der Waals surface area contributed by atoms with Crippen molar-refractivity contribution in [1.82, 2.24) is 0 Å². The number of esters is 2. The summed E-state index contributed by atoms with van der Waals surface area (Å²) in [6, 6.07) is 23.6. The van der Waals surface area contributed by atoms with Gasteiger partial charge in [-0.15, -0.1) is 0 Å². The third kappa shape index (κ3) is 10.7. The van der Waals surface area contributed by atoms with Gasteiger partial charge in [-0.05, 0) is 103 Å². The lowest BCUT2D eigenvalue weighted by Gasteiger charge is -2.10. The number of aliphatic hydroxyl groups excluding tert-OH is 2. The quantitative estimate of drug-likeness (QED) is 0.0457. The topological polar surface area (TPSA) is 93.1 Å². The van der Waals surface area contributed by atoms with Crippen molar-refractivity contribution in [2.24, 2.45) is 0 Å². The highest BCUT2D eigenvalue weighted by Crippen LogP contribution is 2.28. The Morgan fingerprint density at radius 1 is 0.700 bits per heavy atom. The molecule has 9 heteroatoms. The first kappa shape index (κ1) is 37.1. The van der Waals surface area contributed by atoms with Crippen LogP contribution in [0.15, 0.2) is 121 Å². The van der Waals surface area contributed by atoms with Crippen LogP contribution < -0.4 is 9.47 Å². The average molecular weight is 681 g/mol. The standard InChI is InChI=1S/C41H35F3O6/c1-27(25-45)40(47)49-35-18-14-31(15-19-35)34-13-12-30(33(24-34)7-5-3-4-6-8-39(43)44)11-9-29-10-22-37(38(42)23-29)32-16-20-36(21-17-32)50-41(48)28(2)26-46/h8,10,12-24,45-46H,1-7,25-26H2. The van der Waals surface area contributed by atoms with Crippen LogP contribution in [0, 0.1) is 17.7 Å². The Bertz CT molecular complexity index is 1950. The lowest BCUT2D eigenvalue weighted by molar-refractivity contribution is -0.131. The molecule has 0 aliphatic heterocycles. The molecule has 0 saturated carbocycles. The molecule has 0 bridgehead atoms. The smallest absolute Gasteiger partial charge is 0.341 e. The molecule has 0 amide bonds. The van der Waals surface area contributed by atoms with E-state index in [1.807, 2.05) is 18.2 Å². The average Bonchev–Trinajstić information content (AvgIpc) is 3.12. The predicted octanol–water partition coefficient (Wildman–Crippen LogP) is 8.35. The lowest BCUT2D eigenvalue weighted by Crippen LogP contribution is -2.12.